The van der Waals surface area contributed by atoms with Crippen LogP contribution < -0.4 is 15.4 Å². The second-order valence-electron chi connectivity index (χ2n) is 6.49. The Morgan fingerprint density at radius 1 is 1.12 bits per heavy atom. The summed E-state index contributed by atoms with van der Waals surface area (Å²) in [7, 11) is 3.37. The molecule has 25 heavy (non-hydrogen) atoms. The average molecular weight is 343 g/mol. The maximum absolute atomic E-state index is 14.0. The molecule has 0 aliphatic heterocycles. The summed E-state index contributed by atoms with van der Waals surface area (Å²) >= 11 is 0. The molecule has 4 nitrogen and oxygen atoms in total. The number of methoxy groups -OCH3 is 1. The van der Waals surface area contributed by atoms with E-state index in [-0.39, 0.29) is 11.2 Å². The molecule has 0 radical (unpaired) electrons. The summed E-state index contributed by atoms with van der Waals surface area (Å²) in [6.07, 6.45) is 0. The topological polar surface area (TPSA) is 45.7 Å². The summed E-state index contributed by atoms with van der Waals surface area (Å²) in [5.41, 5.74) is 1.42. The van der Waals surface area contributed by atoms with Crippen molar-refractivity contribution < 1.29 is 9.13 Å². The highest BCUT2D eigenvalue weighted by Crippen LogP contribution is 2.24. The van der Waals surface area contributed by atoms with Crippen molar-refractivity contribution in [1.29, 1.82) is 0 Å². The molecule has 0 aromatic heterocycles. The van der Waals surface area contributed by atoms with E-state index in [9.17, 15) is 4.39 Å². The quantitative estimate of drug-likeness (QED) is 0.623. The molecule has 0 saturated heterocycles. The highest BCUT2D eigenvalue weighted by atomic mass is 19.1. The largest absolute Gasteiger partial charge is 0.497 e. The first kappa shape index (κ1) is 18.8. The number of guanidine groups is 1. The van der Waals surface area contributed by atoms with Gasteiger partial charge in [-0.15, -0.1) is 0 Å². The van der Waals surface area contributed by atoms with Crippen molar-refractivity contribution in [3.63, 3.8) is 0 Å². The summed E-state index contributed by atoms with van der Waals surface area (Å²) < 4.78 is 19.3. The number of halogens is 1. The van der Waals surface area contributed by atoms with Crippen LogP contribution in [-0.4, -0.2) is 26.7 Å². The first-order valence-electron chi connectivity index (χ1n) is 8.29. The van der Waals surface area contributed by atoms with Crippen LogP contribution in [-0.2, 0) is 12.0 Å². The first-order valence-corrected chi connectivity index (χ1v) is 8.29. The van der Waals surface area contributed by atoms with E-state index in [1.165, 1.54) is 6.07 Å². The van der Waals surface area contributed by atoms with Gasteiger partial charge in [-0.3, -0.25) is 4.99 Å². The van der Waals surface area contributed by atoms with Gasteiger partial charge in [0.1, 0.15) is 11.6 Å². The van der Waals surface area contributed by atoms with Gasteiger partial charge in [0, 0.05) is 25.6 Å². The van der Waals surface area contributed by atoms with Crippen molar-refractivity contribution in [1.82, 2.24) is 10.6 Å². The van der Waals surface area contributed by atoms with Gasteiger partial charge < -0.3 is 15.4 Å². The molecule has 2 rings (SSSR count). The van der Waals surface area contributed by atoms with E-state index in [1.807, 2.05) is 50.2 Å². The smallest absolute Gasteiger partial charge is 0.191 e. The van der Waals surface area contributed by atoms with Crippen LogP contribution in [0.1, 0.15) is 25.0 Å². The molecular weight excluding hydrogens is 317 g/mol. The molecule has 0 atom stereocenters. The van der Waals surface area contributed by atoms with E-state index in [2.05, 4.69) is 15.6 Å². The highest BCUT2D eigenvalue weighted by molar-refractivity contribution is 5.79. The number of rotatable bonds is 6. The van der Waals surface area contributed by atoms with Gasteiger partial charge in [-0.05, 0) is 29.3 Å². The number of aliphatic imine (C=N–C) groups is 1. The van der Waals surface area contributed by atoms with E-state index in [1.54, 1.807) is 20.2 Å². The van der Waals surface area contributed by atoms with Crippen LogP contribution in [0, 0.1) is 5.82 Å². The maximum atomic E-state index is 14.0. The zero-order valence-corrected chi connectivity index (χ0v) is 15.3. The Labute approximate surface area is 149 Å². The van der Waals surface area contributed by atoms with Gasteiger partial charge >= 0.3 is 0 Å². The van der Waals surface area contributed by atoms with Crippen molar-refractivity contribution in [3.05, 3.63) is 65.5 Å². The Hall–Kier alpha value is -2.56. The van der Waals surface area contributed by atoms with Crippen molar-refractivity contribution in [2.24, 2.45) is 4.99 Å². The fraction of sp³-hybridized carbons (Fsp3) is 0.350. The Balaban J connectivity index is 1.95. The summed E-state index contributed by atoms with van der Waals surface area (Å²) in [6, 6.07) is 14.7. The van der Waals surface area contributed by atoms with Crippen molar-refractivity contribution in [2.45, 2.75) is 25.8 Å². The fourth-order valence-corrected chi connectivity index (χ4v) is 2.60. The standard InChI is InChI=1S/C20H26FN3O/c1-20(2,17-10-5-6-11-18(17)21)14-24-19(22-3)23-13-15-8-7-9-16(12-15)25-4/h5-12H,13-14H2,1-4H3,(H2,22,23,24). The number of hydrogen-bond acceptors (Lipinski definition) is 2. The third kappa shape index (κ3) is 5.21. The zero-order chi connectivity index (χ0) is 18.3. The lowest BCUT2D eigenvalue weighted by Crippen LogP contribution is -2.43. The van der Waals surface area contributed by atoms with Crippen LogP contribution in [0.4, 0.5) is 4.39 Å². The molecule has 0 heterocycles. The van der Waals surface area contributed by atoms with E-state index >= 15 is 0 Å². The third-order valence-corrected chi connectivity index (χ3v) is 4.12. The predicted octanol–water partition coefficient (Wildman–Crippen LogP) is 3.48. The molecule has 0 aliphatic carbocycles. The molecule has 0 aliphatic rings. The number of ether oxygens (including phenoxy) is 1. The maximum Gasteiger partial charge on any atom is 0.191 e. The second kappa shape index (κ2) is 8.51. The van der Waals surface area contributed by atoms with E-state index in [0.29, 0.717) is 24.6 Å². The minimum absolute atomic E-state index is 0.186. The van der Waals surface area contributed by atoms with Crippen LogP contribution in [0.25, 0.3) is 0 Å². The summed E-state index contributed by atoms with van der Waals surface area (Å²) in [5, 5.41) is 6.54. The Morgan fingerprint density at radius 3 is 2.56 bits per heavy atom. The van der Waals surface area contributed by atoms with Gasteiger partial charge in [-0.2, -0.15) is 0 Å². The molecule has 2 N–H and O–H groups in total. The summed E-state index contributed by atoms with van der Waals surface area (Å²) in [6.45, 7) is 5.20. The number of nitrogens with zero attached hydrogens (tertiary/aromatic N) is 1. The van der Waals surface area contributed by atoms with Crippen molar-refractivity contribution >= 4 is 5.96 Å². The van der Waals surface area contributed by atoms with E-state index < -0.39 is 0 Å². The van der Waals surface area contributed by atoms with Crippen LogP contribution in [0.3, 0.4) is 0 Å². The fourth-order valence-electron chi connectivity index (χ4n) is 2.60. The molecular formula is C20H26FN3O. The number of nitrogens with one attached hydrogen (secondary N) is 2. The lowest BCUT2D eigenvalue weighted by atomic mass is 9.84. The molecule has 0 amide bonds. The van der Waals surface area contributed by atoms with Gasteiger partial charge in [0.05, 0.1) is 7.11 Å². The molecule has 0 bridgehead atoms. The molecule has 134 valence electrons. The van der Waals surface area contributed by atoms with E-state index in [0.717, 1.165) is 11.3 Å². The SMILES string of the molecule is CN=C(NCc1cccc(OC)c1)NCC(C)(C)c1ccccc1F. The van der Waals surface area contributed by atoms with E-state index in [4.69, 9.17) is 4.74 Å². The number of hydrogen-bond donors (Lipinski definition) is 2. The van der Waals surface area contributed by atoms with Gasteiger partial charge in [-0.25, -0.2) is 4.39 Å². The minimum Gasteiger partial charge on any atom is -0.497 e. The third-order valence-electron chi connectivity index (χ3n) is 4.12. The Kier molecular flexibility index (Phi) is 6.39. The van der Waals surface area contributed by atoms with Crippen LogP contribution in [0.2, 0.25) is 0 Å². The molecule has 0 saturated carbocycles. The lowest BCUT2D eigenvalue weighted by molar-refractivity contribution is 0.414. The first-order chi connectivity index (χ1) is 12.0. The number of benzene rings is 2. The van der Waals surface area contributed by atoms with Gasteiger partial charge in [0.15, 0.2) is 5.96 Å². The Morgan fingerprint density at radius 2 is 1.88 bits per heavy atom. The van der Waals surface area contributed by atoms with Gasteiger partial charge in [0.25, 0.3) is 0 Å². The Bertz CT molecular complexity index is 728. The average Bonchev–Trinajstić information content (AvgIpc) is 2.62. The molecule has 2 aromatic carbocycles. The normalized spacial score (nSPS) is 12.0. The lowest BCUT2D eigenvalue weighted by Gasteiger charge is -2.27. The van der Waals surface area contributed by atoms with Crippen LogP contribution in [0.5, 0.6) is 5.75 Å². The second-order valence-corrected chi connectivity index (χ2v) is 6.49. The van der Waals surface area contributed by atoms with Crippen LogP contribution >= 0.6 is 0 Å². The monoisotopic (exact) mass is 343 g/mol. The molecule has 0 fully saturated rings. The summed E-state index contributed by atoms with van der Waals surface area (Å²) in [4.78, 5) is 4.23. The summed E-state index contributed by atoms with van der Waals surface area (Å²) in [5.74, 6) is 1.31. The zero-order valence-electron chi connectivity index (χ0n) is 15.3. The molecule has 0 unspecified atom stereocenters. The minimum atomic E-state index is -0.362. The van der Waals surface area contributed by atoms with Crippen molar-refractivity contribution in [3.8, 4) is 5.75 Å². The van der Waals surface area contributed by atoms with Crippen molar-refractivity contribution in [2.75, 3.05) is 20.7 Å². The molecule has 5 heteroatoms. The highest BCUT2D eigenvalue weighted by Gasteiger charge is 2.24. The van der Waals surface area contributed by atoms with Gasteiger partial charge in [-0.1, -0.05) is 44.2 Å². The predicted molar refractivity (Wildman–Crippen MR) is 101 cm³/mol. The van der Waals surface area contributed by atoms with Gasteiger partial charge in [0.2, 0.25) is 0 Å². The molecule has 2 aromatic rings. The van der Waals surface area contributed by atoms with Crippen LogP contribution in [0.15, 0.2) is 53.5 Å². The molecule has 0 spiro atoms.